The molecule has 1 N–H and O–H groups in total. The van der Waals surface area contributed by atoms with Crippen molar-refractivity contribution in [2.24, 2.45) is 0 Å². The van der Waals surface area contributed by atoms with E-state index in [1.165, 1.54) is 20.0 Å². The molecule has 0 spiro atoms. The van der Waals surface area contributed by atoms with E-state index in [0.717, 1.165) is 6.07 Å². The van der Waals surface area contributed by atoms with Gasteiger partial charge in [-0.2, -0.15) is 13.2 Å². The maximum Gasteiger partial charge on any atom is 0.400 e. The predicted octanol–water partition coefficient (Wildman–Crippen LogP) is 2.27. The zero-order valence-corrected chi connectivity index (χ0v) is 14.6. The summed E-state index contributed by atoms with van der Waals surface area (Å²) in [6, 6.07) is 2.09. The smallest absolute Gasteiger partial charge is 0.366 e. The highest BCUT2D eigenvalue weighted by Crippen LogP contribution is 2.29. The topological polar surface area (TPSA) is 52.7 Å². The van der Waals surface area contributed by atoms with E-state index in [4.69, 9.17) is 0 Å². The van der Waals surface area contributed by atoms with Crippen molar-refractivity contribution in [3.8, 4) is 0 Å². The Morgan fingerprint density at radius 1 is 1.24 bits per heavy atom. The number of carbonyl (C=O) groups is 1. The number of hydrogen-bond donors (Lipinski definition) is 1. The van der Waals surface area contributed by atoms with Crippen LogP contribution in [0, 0.1) is 12.7 Å². The number of hydrogen-bond acceptors (Lipinski definition) is 3. The van der Waals surface area contributed by atoms with Crippen molar-refractivity contribution in [1.82, 2.24) is 10.2 Å². The van der Waals surface area contributed by atoms with Gasteiger partial charge in [0, 0.05) is 38.1 Å². The monoisotopic (exact) mass is 381 g/mol. The number of rotatable bonds is 3. The van der Waals surface area contributed by atoms with Crippen LogP contribution in [0.3, 0.4) is 0 Å². The molecule has 0 bridgehead atoms. The first-order valence-corrected chi connectivity index (χ1v) is 8.91. The second-order valence-electron chi connectivity index (χ2n) is 5.70. The average Bonchev–Trinajstić information content (AvgIpc) is 2.52. The molecule has 5 nitrogen and oxygen atoms in total. The summed E-state index contributed by atoms with van der Waals surface area (Å²) in [5, 5.41) is 2.50. The summed E-state index contributed by atoms with van der Waals surface area (Å²) < 4.78 is 63.7. The Balaban J connectivity index is 2.21. The first kappa shape index (κ1) is 19.5. The Kier molecular flexibility index (Phi) is 5.91. The molecule has 2 amide bonds. The summed E-state index contributed by atoms with van der Waals surface area (Å²) in [5.74, 6) is -2.05. The van der Waals surface area contributed by atoms with Gasteiger partial charge in [0.25, 0.3) is 0 Å². The molecule has 1 atom stereocenters. The van der Waals surface area contributed by atoms with E-state index in [2.05, 4.69) is 5.32 Å². The van der Waals surface area contributed by atoms with Crippen LogP contribution in [-0.4, -0.2) is 60.3 Å². The lowest BCUT2D eigenvalue weighted by Crippen LogP contribution is -2.51. The van der Waals surface area contributed by atoms with E-state index in [0.29, 0.717) is 26.2 Å². The van der Waals surface area contributed by atoms with Gasteiger partial charge in [0.15, 0.2) is 0 Å². The summed E-state index contributed by atoms with van der Waals surface area (Å²) in [7, 11) is -0.786. The Morgan fingerprint density at radius 2 is 1.84 bits per heavy atom. The number of alkyl halides is 3. The number of aryl methyl sites for hydroxylation is 1. The van der Waals surface area contributed by atoms with Crippen LogP contribution in [-0.2, 0) is 10.8 Å². The fraction of sp³-hybridized carbons (Fsp3) is 0.533. The third-order valence-electron chi connectivity index (χ3n) is 3.91. The average molecular weight is 381 g/mol. The van der Waals surface area contributed by atoms with Crippen molar-refractivity contribution in [3.05, 3.63) is 23.5 Å². The lowest BCUT2D eigenvalue weighted by Gasteiger charge is -2.36. The SMILES string of the molecule is CNC(=O)N1CCN(c2cc(S(=O)CC(F)(F)F)c(C)cc2F)CC1. The number of carbonyl (C=O) groups excluding carboxylic acids is 1. The Hall–Kier alpha value is -1.84. The van der Waals surface area contributed by atoms with Gasteiger partial charge in [0.2, 0.25) is 0 Å². The molecule has 1 aliphatic heterocycles. The van der Waals surface area contributed by atoms with Crippen LogP contribution in [0.1, 0.15) is 5.56 Å². The normalized spacial score (nSPS) is 16.7. The van der Waals surface area contributed by atoms with Gasteiger partial charge in [-0.25, -0.2) is 9.18 Å². The van der Waals surface area contributed by atoms with Crippen LogP contribution in [0.15, 0.2) is 17.0 Å². The van der Waals surface area contributed by atoms with Crippen molar-refractivity contribution < 1.29 is 26.6 Å². The van der Waals surface area contributed by atoms with E-state index >= 15 is 0 Å². The zero-order chi connectivity index (χ0) is 18.8. The van der Waals surface area contributed by atoms with Crippen molar-refractivity contribution >= 4 is 22.5 Å². The molecular formula is C15H19F4N3O2S. The molecule has 140 valence electrons. The van der Waals surface area contributed by atoms with Gasteiger partial charge >= 0.3 is 12.2 Å². The van der Waals surface area contributed by atoms with Crippen LogP contribution >= 0.6 is 0 Å². The molecule has 1 unspecified atom stereocenters. The Labute approximate surface area is 145 Å². The number of benzene rings is 1. The van der Waals surface area contributed by atoms with E-state index in [1.807, 2.05) is 0 Å². The summed E-state index contributed by atoms with van der Waals surface area (Å²) in [6.07, 6.45) is -4.56. The summed E-state index contributed by atoms with van der Waals surface area (Å²) in [6.45, 7) is 2.80. The van der Waals surface area contributed by atoms with Gasteiger partial charge in [-0.15, -0.1) is 0 Å². The lowest BCUT2D eigenvalue weighted by molar-refractivity contribution is -0.105. The molecule has 0 aliphatic carbocycles. The van der Waals surface area contributed by atoms with Gasteiger partial charge in [0.05, 0.1) is 16.5 Å². The molecule has 0 radical (unpaired) electrons. The number of nitrogens with zero attached hydrogens (tertiary/aromatic N) is 2. The highest BCUT2D eigenvalue weighted by Gasteiger charge is 2.32. The fourth-order valence-electron chi connectivity index (χ4n) is 2.66. The van der Waals surface area contributed by atoms with Crippen LogP contribution in [0.25, 0.3) is 0 Å². The van der Waals surface area contributed by atoms with Crippen molar-refractivity contribution in [2.75, 3.05) is 43.9 Å². The van der Waals surface area contributed by atoms with Crippen molar-refractivity contribution in [1.29, 1.82) is 0 Å². The number of anilines is 1. The molecule has 1 heterocycles. The minimum atomic E-state index is -4.56. The second kappa shape index (κ2) is 7.59. The van der Waals surface area contributed by atoms with Crippen LogP contribution in [0.2, 0.25) is 0 Å². The van der Waals surface area contributed by atoms with E-state index < -0.39 is 28.5 Å². The summed E-state index contributed by atoms with van der Waals surface area (Å²) in [4.78, 5) is 14.8. The molecule has 1 aliphatic rings. The quantitative estimate of drug-likeness (QED) is 0.818. The van der Waals surface area contributed by atoms with Crippen molar-refractivity contribution in [2.45, 2.75) is 18.0 Å². The predicted molar refractivity (Wildman–Crippen MR) is 86.7 cm³/mol. The van der Waals surface area contributed by atoms with Gasteiger partial charge in [-0.05, 0) is 24.6 Å². The first-order valence-electron chi connectivity index (χ1n) is 7.59. The fourth-order valence-corrected chi connectivity index (χ4v) is 3.78. The van der Waals surface area contributed by atoms with Gasteiger partial charge in [0.1, 0.15) is 11.6 Å². The maximum atomic E-state index is 14.3. The largest absolute Gasteiger partial charge is 0.400 e. The van der Waals surface area contributed by atoms with E-state index in [9.17, 15) is 26.6 Å². The molecule has 0 saturated carbocycles. The van der Waals surface area contributed by atoms with E-state index in [1.54, 1.807) is 9.80 Å². The molecule has 2 rings (SSSR count). The third-order valence-corrected chi connectivity index (χ3v) is 5.43. The zero-order valence-electron chi connectivity index (χ0n) is 13.8. The number of amides is 2. The van der Waals surface area contributed by atoms with E-state index in [-0.39, 0.29) is 22.2 Å². The number of nitrogens with one attached hydrogen (secondary N) is 1. The lowest BCUT2D eigenvalue weighted by atomic mass is 10.2. The minimum absolute atomic E-state index is 0.0255. The molecule has 1 saturated heterocycles. The molecule has 1 fully saturated rings. The standard InChI is InChI=1S/C15H19F4N3O2S/c1-10-7-11(16)12(8-13(10)25(24)9-15(17,18)19)21-3-5-22(6-4-21)14(23)20-2/h7-8H,3-6,9H2,1-2H3,(H,20,23). The maximum absolute atomic E-state index is 14.3. The summed E-state index contributed by atoms with van der Waals surface area (Å²) in [5.41, 5.74) is 0.320. The van der Waals surface area contributed by atoms with Gasteiger partial charge in [-0.3, -0.25) is 4.21 Å². The molecule has 10 heteroatoms. The van der Waals surface area contributed by atoms with Crippen LogP contribution in [0.5, 0.6) is 0 Å². The molecule has 1 aromatic rings. The highest BCUT2D eigenvalue weighted by atomic mass is 32.2. The highest BCUT2D eigenvalue weighted by molar-refractivity contribution is 7.85. The number of urea groups is 1. The minimum Gasteiger partial charge on any atom is -0.366 e. The van der Waals surface area contributed by atoms with Crippen LogP contribution < -0.4 is 10.2 Å². The third kappa shape index (κ3) is 4.83. The first-order chi connectivity index (χ1) is 11.6. The van der Waals surface area contributed by atoms with Crippen molar-refractivity contribution in [3.63, 3.8) is 0 Å². The summed E-state index contributed by atoms with van der Waals surface area (Å²) >= 11 is 0. The Bertz CT molecular complexity index is 673. The van der Waals surface area contributed by atoms with Gasteiger partial charge < -0.3 is 15.1 Å². The molecule has 25 heavy (non-hydrogen) atoms. The second-order valence-corrected chi connectivity index (χ2v) is 7.12. The Morgan fingerprint density at radius 3 is 2.36 bits per heavy atom. The van der Waals surface area contributed by atoms with Gasteiger partial charge in [-0.1, -0.05) is 0 Å². The number of piperazine rings is 1. The molecular weight excluding hydrogens is 362 g/mol. The molecule has 0 aromatic heterocycles. The molecule has 1 aromatic carbocycles. The number of halogens is 4. The van der Waals surface area contributed by atoms with Crippen LogP contribution in [0.4, 0.5) is 28.0 Å².